The van der Waals surface area contributed by atoms with Crippen molar-refractivity contribution in [3.63, 3.8) is 0 Å². The first-order valence-corrected chi connectivity index (χ1v) is 15.8. The fraction of sp³-hybridized carbons (Fsp3) is 0.794. The molecule has 6 nitrogen and oxygen atoms in total. The van der Waals surface area contributed by atoms with E-state index in [1.165, 1.54) is 38.7 Å². The summed E-state index contributed by atoms with van der Waals surface area (Å²) in [4.78, 5) is 35.6. The standard InChI is InChI=1S/C34H52O6/c1-7-38-32(37)13-11-9-8-10-12-22(2)28-16-17-29-27-15-14-25-20-26(39-23(3)35)18-19-33(25,5)30(27)21-31(34(28,29)6)40-24(4)36/h8-9,11,13,22,25-31H,7,10,12,14-21H2,1-6H3/t22?,25-,26+,27?,28+,29-,30?,31-,33-,34+/m0/s1. The van der Waals surface area contributed by atoms with Gasteiger partial charge in [-0.05, 0) is 112 Å². The lowest BCUT2D eigenvalue weighted by Crippen LogP contribution is -2.59. The van der Waals surface area contributed by atoms with Crippen molar-refractivity contribution < 1.29 is 28.6 Å². The van der Waals surface area contributed by atoms with Gasteiger partial charge in [0.15, 0.2) is 0 Å². The Morgan fingerprint density at radius 1 is 0.925 bits per heavy atom. The molecule has 0 bridgehead atoms. The summed E-state index contributed by atoms with van der Waals surface area (Å²) in [7, 11) is 0. The second-order valence-corrected chi connectivity index (χ2v) is 13.6. The minimum atomic E-state index is -0.308. The number of hydrogen-bond donors (Lipinski definition) is 0. The molecular weight excluding hydrogens is 504 g/mol. The van der Waals surface area contributed by atoms with Gasteiger partial charge >= 0.3 is 17.9 Å². The lowest BCUT2D eigenvalue weighted by atomic mass is 9.43. The highest BCUT2D eigenvalue weighted by molar-refractivity contribution is 5.82. The first-order valence-electron chi connectivity index (χ1n) is 15.8. The monoisotopic (exact) mass is 556 g/mol. The molecule has 224 valence electrons. The van der Waals surface area contributed by atoms with E-state index in [1.54, 1.807) is 19.9 Å². The maximum absolute atomic E-state index is 12.4. The molecule has 0 aromatic heterocycles. The van der Waals surface area contributed by atoms with Crippen molar-refractivity contribution >= 4 is 17.9 Å². The average molecular weight is 557 g/mol. The molecule has 0 saturated heterocycles. The second-order valence-electron chi connectivity index (χ2n) is 13.6. The van der Waals surface area contributed by atoms with Gasteiger partial charge in [0.25, 0.3) is 0 Å². The van der Waals surface area contributed by atoms with Gasteiger partial charge in [0.2, 0.25) is 0 Å². The third-order valence-corrected chi connectivity index (χ3v) is 11.6. The second kappa shape index (κ2) is 12.8. The maximum Gasteiger partial charge on any atom is 0.330 e. The first kappa shape index (κ1) is 30.8. The van der Waals surface area contributed by atoms with Crippen molar-refractivity contribution in [2.75, 3.05) is 6.61 Å². The molecule has 4 saturated carbocycles. The van der Waals surface area contributed by atoms with Gasteiger partial charge in [-0.25, -0.2) is 4.79 Å². The molecule has 0 radical (unpaired) electrons. The van der Waals surface area contributed by atoms with E-state index >= 15 is 0 Å². The largest absolute Gasteiger partial charge is 0.463 e. The Morgan fingerprint density at radius 2 is 1.68 bits per heavy atom. The molecule has 4 aliphatic carbocycles. The minimum absolute atomic E-state index is 0.00206. The highest BCUT2D eigenvalue weighted by Crippen LogP contribution is 2.69. The van der Waals surface area contributed by atoms with Crippen molar-refractivity contribution in [3.8, 4) is 0 Å². The molecule has 6 heteroatoms. The van der Waals surface area contributed by atoms with Gasteiger partial charge in [-0.3, -0.25) is 9.59 Å². The number of carbonyl (C=O) groups excluding carboxylic acids is 3. The first-order chi connectivity index (χ1) is 19.0. The summed E-state index contributed by atoms with van der Waals surface area (Å²) in [5, 5.41) is 0. The molecule has 0 spiro atoms. The van der Waals surface area contributed by atoms with Crippen LogP contribution in [0.4, 0.5) is 0 Å². The molecule has 0 N–H and O–H groups in total. The molecule has 0 aromatic carbocycles. The molecule has 0 aromatic rings. The molecule has 0 heterocycles. The summed E-state index contributed by atoms with van der Waals surface area (Å²) in [6.07, 6.45) is 18.2. The summed E-state index contributed by atoms with van der Waals surface area (Å²) >= 11 is 0. The van der Waals surface area contributed by atoms with Crippen LogP contribution in [0.5, 0.6) is 0 Å². The molecule has 3 unspecified atom stereocenters. The van der Waals surface area contributed by atoms with Crippen LogP contribution in [-0.4, -0.2) is 36.7 Å². The number of ether oxygens (including phenoxy) is 3. The summed E-state index contributed by atoms with van der Waals surface area (Å²) < 4.78 is 16.8. The Labute approximate surface area is 241 Å². The van der Waals surface area contributed by atoms with E-state index in [9.17, 15) is 14.4 Å². The van der Waals surface area contributed by atoms with Crippen LogP contribution >= 0.6 is 0 Å². The number of hydrogen-bond acceptors (Lipinski definition) is 6. The molecule has 4 rings (SSSR count). The van der Waals surface area contributed by atoms with E-state index in [0.29, 0.717) is 42.1 Å². The van der Waals surface area contributed by atoms with Gasteiger partial charge in [-0.1, -0.05) is 39.0 Å². The van der Waals surface area contributed by atoms with Gasteiger partial charge in [0.1, 0.15) is 12.2 Å². The molecular formula is C34H52O6. The lowest BCUT2D eigenvalue weighted by molar-refractivity contribution is -0.197. The predicted octanol–water partition coefficient (Wildman–Crippen LogP) is 7.21. The van der Waals surface area contributed by atoms with E-state index in [4.69, 9.17) is 14.2 Å². The average Bonchev–Trinajstić information content (AvgIpc) is 3.25. The Bertz CT molecular complexity index is 985. The number of fused-ring (bicyclic) bond motifs is 5. The molecule has 0 amide bonds. The van der Waals surface area contributed by atoms with Gasteiger partial charge in [0, 0.05) is 25.3 Å². The number of rotatable bonds is 9. The van der Waals surface area contributed by atoms with Crippen LogP contribution < -0.4 is 0 Å². The maximum atomic E-state index is 12.4. The zero-order chi connectivity index (χ0) is 29.1. The fourth-order valence-electron chi connectivity index (χ4n) is 9.89. The van der Waals surface area contributed by atoms with E-state index in [0.717, 1.165) is 38.5 Å². The van der Waals surface area contributed by atoms with Crippen molar-refractivity contribution in [1.29, 1.82) is 0 Å². The Kier molecular flexibility index (Phi) is 9.88. The minimum Gasteiger partial charge on any atom is -0.463 e. The molecule has 0 aliphatic heterocycles. The summed E-state index contributed by atoms with van der Waals surface area (Å²) in [6, 6.07) is 0. The number of carbonyl (C=O) groups is 3. The smallest absolute Gasteiger partial charge is 0.330 e. The SMILES string of the molecule is CCOC(=O)C=CC=CCCC(C)[C@H]1CC[C@H]2C3CC[C@H]4C[C@H](OC(C)=O)CC[C@]4(C)C3C[C@H](OC(C)=O)[C@]12C. The molecule has 4 aliphatic rings. The Balaban J connectivity index is 1.47. The normalized spacial score (nSPS) is 39.7. The van der Waals surface area contributed by atoms with Crippen LogP contribution in [0.15, 0.2) is 24.3 Å². The van der Waals surface area contributed by atoms with Gasteiger partial charge in [-0.2, -0.15) is 0 Å². The van der Waals surface area contributed by atoms with Gasteiger partial charge < -0.3 is 14.2 Å². The predicted molar refractivity (Wildman–Crippen MR) is 155 cm³/mol. The van der Waals surface area contributed by atoms with Crippen LogP contribution in [0.3, 0.4) is 0 Å². The summed E-state index contributed by atoms with van der Waals surface area (Å²) in [6.45, 7) is 12.6. The van der Waals surface area contributed by atoms with Gasteiger partial charge in [0.05, 0.1) is 6.61 Å². The summed E-state index contributed by atoms with van der Waals surface area (Å²) in [5.74, 6) is 2.78. The van der Waals surface area contributed by atoms with Crippen LogP contribution in [0.25, 0.3) is 0 Å². The molecule has 40 heavy (non-hydrogen) atoms. The van der Waals surface area contributed by atoms with E-state index in [1.807, 2.05) is 6.08 Å². The van der Waals surface area contributed by atoms with Crippen LogP contribution in [0.1, 0.15) is 106 Å². The third kappa shape index (κ3) is 6.21. The quantitative estimate of drug-likeness (QED) is 0.129. The van der Waals surface area contributed by atoms with Crippen molar-refractivity contribution in [2.45, 2.75) is 118 Å². The lowest BCUT2D eigenvalue weighted by Gasteiger charge is -2.62. The fourth-order valence-corrected chi connectivity index (χ4v) is 9.89. The van der Waals surface area contributed by atoms with Crippen LogP contribution in [0.2, 0.25) is 0 Å². The molecule has 10 atom stereocenters. The highest BCUT2D eigenvalue weighted by atomic mass is 16.5. The number of allylic oxidation sites excluding steroid dienone is 3. The zero-order valence-corrected chi connectivity index (χ0v) is 25.7. The topological polar surface area (TPSA) is 78.9 Å². The zero-order valence-electron chi connectivity index (χ0n) is 25.7. The van der Waals surface area contributed by atoms with Gasteiger partial charge in [-0.15, -0.1) is 0 Å². The number of esters is 3. The molecule has 4 fully saturated rings. The Morgan fingerprint density at radius 3 is 2.38 bits per heavy atom. The van der Waals surface area contributed by atoms with Crippen molar-refractivity contribution in [2.24, 2.45) is 46.3 Å². The van der Waals surface area contributed by atoms with Crippen LogP contribution in [-0.2, 0) is 28.6 Å². The summed E-state index contributed by atoms with van der Waals surface area (Å²) in [5.41, 5.74) is 0.211. The Hall–Kier alpha value is -2.11. The van der Waals surface area contributed by atoms with E-state index in [-0.39, 0.29) is 40.9 Å². The van der Waals surface area contributed by atoms with Crippen LogP contribution in [0, 0.1) is 46.3 Å². The third-order valence-electron chi connectivity index (χ3n) is 11.6. The van der Waals surface area contributed by atoms with E-state index in [2.05, 4.69) is 26.8 Å². The van der Waals surface area contributed by atoms with Crippen molar-refractivity contribution in [1.82, 2.24) is 0 Å². The highest BCUT2D eigenvalue weighted by Gasteiger charge is 2.65. The van der Waals surface area contributed by atoms with E-state index < -0.39 is 0 Å². The van der Waals surface area contributed by atoms with Crippen molar-refractivity contribution in [3.05, 3.63) is 24.3 Å².